The van der Waals surface area contributed by atoms with Gasteiger partial charge in [0.05, 0.1) is 0 Å². The van der Waals surface area contributed by atoms with Gasteiger partial charge in [-0.2, -0.15) is 0 Å². The molecule has 0 saturated carbocycles. The third-order valence-corrected chi connectivity index (χ3v) is 6.83. The molecule has 2 aromatic carbocycles. The molecule has 0 atom stereocenters. The van der Waals surface area contributed by atoms with Crippen molar-refractivity contribution in [3.8, 4) is 0 Å². The number of hydrogen-bond donors (Lipinski definition) is 2. The number of carbonyl (C=O) groups excluding carboxylic acids is 1. The second-order valence-corrected chi connectivity index (χ2v) is 8.71. The number of likely N-dealkylation sites (N-methyl/N-ethyl adjacent to an activating group) is 1. The Morgan fingerprint density at radius 2 is 1.66 bits per heavy atom. The summed E-state index contributed by atoms with van der Waals surface area (Å²) in [6.07, 6.45) is 4.85. The van der Waals surface area contributed by atoms with Crippen LogP contribution in [0, 0.1) is 5.92 Å². The lowest BCUT2D eigenvalue weighted by atomic mass is 9.91. The fourth-order valence-electron chi connectivity index (χ4n) is 4.84. The Morgan fingerprint density at radius 3 is 2.31 bits per heavy atom. The Bertz CT molecular complexity index is 789. The number of nitrogens with one attached hydrogen (secondary N) is 2. The van der Waals surface area contributed by atoms with Crippen molar-refractivity contribution in [3.05, 3.63) is 71.3 Å². The lowest BCUT2D eigenvalue weighted by Crippen LogP contribution is -2.59. The van der Waals surface area contributed by atoms with Crippen LogP contribution in [0.25, 0.3) is 0 Å². The lowest BCUT2D eigenvalue weighted by Gasteiger charge is -2.38. The van der Waals surface area contributed by atoms with Crippen molar-refractivity contribution in [2.24, 2.45) is 5.92 Å². The summed E-state index contributed by atoms with van der Waals surface area (Å²) >= 11 is 0. The zero-order chi connectivity index (χ0) is 20.1. The number of nitrogens with zero attached hydrogens (tertiary/aromatic N) is 1. The van der Waals surface area contributed by atoms with Crippen LogP contribution in [0.5, 0.6) is 0 Å². The van der Waals surface area contributed by atoms with Crippen LogP contribution in [0.3, 0.4) is 0 Å². The molecule has 4 rings (SSSR count). The van der Waals surface area contributed by atoms with Gasteiger partial charge in [0.2, 0.25) is 5.91 Å². The normalized spacial score (nSPS) is 18.6. The average molecular weight is 392 g/mol. The number of carbonyl (C=O) groups is 1. The standard InChI is InChI=1S/C25H33N3O/c1-28(16-13-20-7-3-2-4-8-20)25(17-22-9-5-6-10-23(22)18-25)24(29)27-19-21-11-14-26-15-12-21/h2-10,21,26H,11-19H2,1H3,(H,27,29). The van der Waals surface area contributed by atoms with Gasteiger partial charge in [-0.3, -0.25) is 9.69 Å². The molecule has 0 radical (unpaired) electrons. The Balaban J connectivity index is 1.47. The minimum atomic E-state index is -0.481. The summed E-state index contributed by atoms with van der Waals surface area (Å²) in [6.45, 7) is 3.80. The molecule has 1 fully saturated rings. The summed E-state index contributed by atoms with van der Waals surface area (Å²) in [7, 11) is 2.12. The van der Waals surface area contributed by atoms with Crippen LogP contribution in [0.15, 0.2) is 54.6 Å². The highest BCUT2D eigenvalue weighted by Gasteiger charge is 2.46. The number of hydrogen-bond acceptors (Lipinski definition) is 3. The highest BCUT2D eigenvalue weighted by atomic mass is 16.2. The van der Waals surface area contributed by atoms with Crippen LogP contribution >= 0.6 is 0 Å². The van der Waals surface area contributed by atoms with Gasteiger partial charge in [0, 0.05) is 25.9 Å². The molecule has 2 N–H and O–H groups in total. The van der Waals surface area contributed by atoms with Gasteiger partial charge in [0.1, 0.15) is 5.54 Å². The topological polar surface area (TPSA) is 44.4 Å². The number of piperidine rings is 1. The summed E-state index contributed by atoms with van der Waals surface area (Å²) in [5, 5.41) is 6.75. The molecule has 4 nitrogen and oxygen atoms in total. The molecule has 2 aliphatic rings. The third-order valence-electron chi connectivity index (χ3n) is 6.83. The summed E-state index contributed by atoms with van der Waals surface area (Å²) < 4.78 is 0. The van der Waals surface area contributed by atoms with Gasteiger partial charge in [0.15, 0.2) is 0 Å². The molecule has 154 valence electrons. The molecule has 1 saturated heterocycles. The number of amides is 1. The predicted octanol–water partition coefficient (Wildman–Crippen LogP) is 2.81. The highest BCUT2D eigenvalue weighted by molar-refractivity contribution is 5.88. The maximum atomic E-state index is 13.6. The minimum absolute atomic E-state index is 0.197. The molecule has 0 aromatic heterocycles. The van der Waals surface area contributed by atoms with Crippen molar-refractivity contribution < 1.29 is 4.79 Å². The SMILES string of the molecule is CN(CCc1ccccc1)C1(C(=O)NCC2CCNCC2)Cc2ccccc2C1. The molecule has 0 spiro atoms. The Kier molecular flexibility index (Phi) is 6.31. The zero-order valence-electron chi connectivity index (χ0n) is 17.5. The molecule has 1 aliphatic carbocycles. The van der Waals surface area contributed by atoms with Crippen LogP contribution in [-0.2, 0) is 24.1 Å². The number of rotatable bonds is 7. The molecular formula is C25H33N3O. The molecule has 2 aromatic rings. The molecule has 4 heteroatoms. The maximum Gasteiger partial charge on any atom is 0.241 e. The molecular weight excluding hydrogens is 358 g/mol. The summed E-state index contributed by atoms with van der Waals surface area (Å²) in [4.78, 5) is 15.9. The second kappa shape index (κ2) is 9.10. The van der Waals surface area contributed by atoms with E-state index < -0.39 is 5.54 Å². The van der Waals surface area contributed by atoms with Crippen molar-refractivity contribution in [2.45, 2.75) is 37.6 Å². The fourth-order valence-corrected chi connectivity index (χ4v) is 4.84. The lowest BCUT2D eigenvalue weighted by molar-refractivity contribution is -0.132. The van der Waals surface area contributed by atoms with Gasteiger partial charge in [-0.25, -0.2) is 0 Å². The fraction of sp³-hybridized carbons (Fsp3) is 0.480. The average Bonchev–Trinajstić information content (AvgIpc) is 3.18. The molecule has 0 unspecified atom stereocenters. The smallest absolute Gasteiger partial charge is 0.241 e. The van der Waals surface area contributed by atoms with Gasteiger partial charge in [0.25, 0.3) is 0 Å². The summed E-state index contributed by atoms with van der Waals surface area (Å²) in [5.41, 5.74) is 3.47. The number of benzene rings is 2. The molecule has 29 heavy (non-hydrogen) atoms. The van der Waals surface area contributed by atoms with Gasteiger partial charge >= 0.3 is 0 Å². The summed E-state index contributed by atoms with van der Waals surface area (Å²) in [6, 6.07) is 19.1. The predicted molar refractivity (Wildman–Crippen MR) is 118 cm³/mol. The van der Waals surface area contributed by atoms with Gasteiger partial charge in [-0.1, -0.05) is 54.6 Å². The first kappa shape index (κ1) is 20.1. The van der Waals surface area contributed by atoms with E-state index in [0.717, 1.165) is 58.3 Å². The van der Waals surface area contributed by atoms with E-state index >= 15 is 0 Å². The van der Waals surface area contributed by atoms with Gasteiger partial charge in [-0.15, -0.1) is 0 Å². The monoisotopic (exact) mass is 391 g/mol. The van der Waals surface area contributed by atoms with Crippen molar-refractivity contribution in [1.82, 2.24) is 15.5 Å². The quantitative estimate of drug-likeness (QED) is 0.763. The molecule has 1 amide bonds. The van der Waals surface area contributed by atoms with E-state index in [1.54, 1.807) is 0 Å². The maximum absolute atomic E-state index is 13.6. The van der Waals surface area contributed by atoms with Crippen molar-refractivity contribution in [2.75, 3.05) is 33.2 Å². The van der Waals surface area contributed by atoms with Gasteiger partial charge in [-0.05, 0) is 62.0 Å². The minimum Gasteiger partial charge on any atom is -0.354 e. The van der Waals surface area contributed by atoms with Crippen LogP contribution in [-0.4, -0.2) is 49.6 Å². The van der Waals surface area contributed by atoms with E-state index in [1.165, 1.54) is 16.7 Å². The van der Waals surface area contributed by atoms with Crippen molar-refractivity contribution >= 4 is 5.91 Å². The van der Waals surface area contributed by atoms with E-state index in [4.69, 9.17) is 0 Å². The summed E-state index contributed by atoms with van der Waals surface area (Å²) in [5.74, 6) is 0.790. The highest BCUT2D eigenvalue weighted by Crippen LogP contribution is 2.34. The molecule has 1 heterocycles. The van der Waals surface area contributed by atoms with E-state index in [1.807, 2.05) is 0 Å². The van der Waals surface area contributed by atoms with Crippen LogP contribution in [0.4, 0.5) is 0 Å². The van der Waals surface area contributed by atoms with Crippen LogP contribution in [0.2, 0.25) is 0 Å². The zero-order valence-corrected chi connectivity index (χ0v) is 17.5. The Hall–Kier alpha value is -2.17. The van der Waals surface area contributed by atoms with Crippen molar-refractivity contribution in [1.29, 1.82) is 0 Å². The van der Waals surface area contributed by atoms with Gasteiger partial charge < -0.3 is 10.6 Å². The first-order valence-corrected chi connectivity index (χ1v) is 11.0. The first-order valence-electron chi connectivity index (χ1n) is 11.0. The molecule has 0 bridgehead atoms. The first-order chi connectivity index (χ1) is 14.2. The second-order valence-electron chi connectivity index (χ2n) is 8.71. The molecule has 1 aliphatic heterocycles. The van der Waals surface area contributed by atoms with E-state index in [9.17, 15) is 4.79 Å². The Labute approximate surface area is 174 Å². The van der Waals surface area contributed by atoms with E-state index in [0.29, 0.717) is 5.92 Å². The van der Waals surface area contributed by atoms with E-state index in [-0.39, 0.29) is 5.91 Å². The third kappa shape index (κ3) is 4.54. The Morgan fingerprint density at radius 1 is 1.03 bits per heavy atom. The van der Waals surface area contributed by atoms with Crippen molar-refractivity contribution in [3.63, 3.8) is 0 Å². The van der Waals surface area contributed by atoms with Crippen LogP contribution in [0.1, 0.15) is 29.5 Å². The largest absolute Gasteiger partial charge is 0.354 e. The van der Waals surface area contributed by atoms with E-state index in [2.05, 4.69) is 77.2 Å². The number of fused-ring (bicyclic) bond motifs is 1. The van der Waals surface area contributed by atoms with Crippen LogP contribution < -0.4 is 10.6 Å².